The van der Waals surface area contributed by atoms with E-state index < -0.39 is 0 Å². The predicted molar refractivity (Wildman–Crippen MR) is 145 cm³/mol. The molecule has 2 aromatic heterocycles. The molecule has 7 nitrogen and oxygen atoms in total. The maximum Gasteiger partial charge on any atom is 0.226 e. The summed E-state index contributed by atoms with van der Waals surface area (Å²) in [5.41, 5.74) is 4.46. The van der Waals surface area contributed by atoms with Crippen molar-refractivity contribution in [2.24, 2.45) is 10.9 Å². The molecule has 3 aliphatic rings. The smallest absolute Gasteiger partial charge is 0.226 e. The SMILES string of the molecule is CC(C)Oc1cc2c(cc1Nc1ncnc3sc4c(c13)CCC(C(=O)N1[C@H](C)CC[C@H]1C)C4)C=NC2. The zero-order valence-electron chi connectivity index (χ0n) is 21.4. The van der Waals surface area contributed by atoms with Gasteiger partial charge >= 0.3 is 0 Å². The van der Waals surface area contributed by atoms with E-state index in [9.17, 15) is 4.79 Å². The van der Waals surface area contributed by atoms with Crippen LogP contribution in [0.15, 0.2) is 23.5 Å². The largest absolute Gasteiger partial charge is 0.489 e. The highest BCUT2D eigenvalue weighted by Crippen LogP contribution is 2.42. The zero-order valence-corrected chi connectivity index (χ0v) is 22.2. The van der Waals surface area contributed by atoms with Crippen LogP contribution in [0.2, 0.25) is 0 Å². The average Bonchev–Trinajstić information content (AvgIpc) is 3.54. The molecule has 1 aromatic carbocycles. The molecule has 1 saturated heterocycles. The summed E-state index contributed by atoms with van der Waals surface area (Å²) in [6.45, 7) is 9.13. The third-order valence-electron chi connectivity index (χ3n) is 7.75. The lowest BCUT2D eigenvalue weighted by atomic mass is 9.86. The van der Waals surface area contributed by atoms with Crippen LogP contribution in [0, 0.1) is 5.92 Å². The van der Waals surface area contributed by atoms with Crippen LogP contribution in [0.5, 0.6) is 5.75 Å². The monoisotopic (exact) mass is 503 g/mol. The fraction of sp³-hybridized carbons (Fsp3) is 0.500. The van der Waals surface area contributed by atoms with E-state index >= 15 is 0 Å². The van der Waals surface area contributed by atoms with Gasteiger partial charge in [0, 0.05) is 29.1 Å². The van der Waals surface area contributed by atoms with Crippen molar-refractivity contribution in [2.45, 2.75) is 84.5 Å². The molecular formula is C28H33N5O2S. The Balaban J connectivity index is 1.32. The number of aromatic nitrogens is 2. The number of anilines is 2. The number of amides is 1. The lowest BCUT2D eigenvalue weighted by Gasteiger charge is -2.32. The predicted octanol–water partition coefficient (Wildman–Crippen LogP) is 5.66. The Kier molecular flexibility index (Phi) is 5.94. The second-order valence-corrected chi connectivity index (χ2v) is 11.8. The summed E-state index contributed by atoms with van der Waals surface area (Å²) < 4.78 is 6.15. The van der Waals surface area contributed by atoms with Crippen LogP contribution < -0.4 is 10.1 Å². The number of rotatable bonds is 5. The van der Waals surface area contributed by atoms with Crippen molar-refractivity contribution in [2.75, 3.05) is 5.32 Å². The van der Waals surface area contributed by atoms with E-state index in [4.69, 9.17) is 4.74 Å². The average molecular weight is 504 g/mol. The molecule has 1 fully saturated rings. The summed E-state index contributed by atoms with van der Waals surface area (Å²) in [6.07, 6.45) is 8.35. The maximum atomic E-state index is 13.4. The minimum atomic E-state index is 0.0555. The molecule has 0 bridgehead atoms. The number of hydrogen-bond acceptors (Lipinski definition) is 7. The van der Waals surface area contributed by atoms with Crippen molar-refractivity contribution >= 4 is 45.2 Å². The fourth-order valence-corrected chi connectivity index (χ4v) is 7.24. The van der Waals surface area contributed by atoms with Crippen LogP contribution in [0.1, 0.15) is 68.5 Å². The normalized spacial score (nSPS) is 22.8. The van der Waals surface area contributed by atoms with Gasteiger partial charge in [0.25, 0.3) is 0 Å². The number of likely N-dealkylation sites (tertiary alicyclic amines) is 1. The Hall–Kier alpha value is -3.00. The Morgan fingerprint density at radius 2 is 1.97 bits per heavy atom. The Labute approximate surface area is 216 Å². The molecule has 0 spiro atoms. The third-order valence-corrected chi connectivity index (χ3v) is 8.91. The van der Waals surface area contributed by atoms with Gasteiger partial charge in [-0.2, -0.15) is 0 Å². The summed E-state index contributed by atoms with van der Waals surface area (Å²) in [5, 5.41) is 4.65. The number of nitrogens with zero attached hydrogens (tertiary/aromatic N) is 4. The molecule has 6 rings (SSSR count). The van der Waals surface area contributed by atoms with Gasteiger partial charge in [0.2, 0.25) is 5.91 Å². The number of fused-ring (bicyclic) bond motifs is 4. The number of carbonyl (C=O) groups is 1. The third kappa shape index (κ3) is 4.05. The summed E-state index contributed by atoms with van der Waals surface area (Å²) >= 11 is 1.71. The number of hydrogen-bond donors (Lipinski definition) is 1. The van der Waals surface area contributed by atoms with Gasteiger partial charge in [-0.05, 0) is 88.6 Å². The van der Waals surface area contributed by atoms with Crippen molar-refractivity contribution in [3.05, 3.63) is 40.0 Å². The highest BCUT2D eigenvalue weighted by Gasteiger charge is 2.37. The molecule has 0 saturated carbocycles. The number of aryl methyl sites for hydroxylation is 1. The van der Waals surface area contributed by atoms with Gasteiger partial charge in [-0.15, -0.1) is 11.3 Å². The fourth-order valence-electron chi connectivity index (χ4n) is 5.97. The summed E-state index contributed by atoms with van der Waals surface area (Å²) in [4.78, 5) is 31.5. The quantitative estimate of drug-likeness (QED) is 0.486. The topological polar surface area (TPSA) is 79.7 Å². The Morgan fingerprint density at radius 3 is 2.75 bits per heavy atom. The van der Waals surface area contributed by atoms with Crippen molar-refractivity contribution in [3.63, 3.8) is 0 Å². The van der Waals surface area contributed by atoms with Crippen LogP contribution in [-0.4, -0.2) is 45.2 Å². The highest BCUT2D eigenvalue weighted by molar-refractivity contribution is 7.19. The number of carbonyl (C=O) groups excluding carboxylic acids is 1. The van der Waals surface area contributed by atoms with E-state index in [0.717, 1.165) is 65.1 Å². The first-order chi connectivity index (χ1) is 17.4. The number of benzene rings is 1. The van der Waals surface area contributed by atoms with E-state index in [1.54, 1.807) is 17.7 Å². The van der Waals surface area contributed by atoms with Gasteiger partial charge in [-0.3, -0.25) is 9.79 Å². The Morgan fingerprint density at radius 1 is 1.17 bits per heavy atom. The number of nitrogens with one attached hydrogen (secondary N) is 1. The molecule has 4 heterocycles. The van der Waals surface area contributed by atoms with Crippen molar-refractivity contribution in [1.29, 1.82) is 0 Å². The van der Waals surface area contributed by atoms with Crippen molar-refractivity contribution in [3.8, 4) is 5.75 Å². The molecule has 8 heteroatoms. The number of ether oxygens (including phenoxy) is 1. The molecule has 0 radical (unpaired) electrons. The molecule has 1 aliphatic carbocycles. The molecule has 1 unspecified atom stereocenters. The van der Waals surface area contributed by atoms with Crippen LogP contribution in [0.4, 0.5) is 11.5 Å². The molecular weight excluding hydrogens is 470 g/mol. The number of aliphatic imine (C=N–C) groups is 1. The van der Waals surface area contributed by atoms with Gasteiger partial charge in [-0.1, -0.05) is 0 Å². The first-order valence-electron chi connectivity index (χ1n) is 13.1. The van der Waals surface area contributed by atoms with Crippen LogP contribution in [-0.2, 0) is 24.2 Å². The molecule has 1 N–H and O–H groups in total. The lowest BCUT2D eigenvalue weighted by Crippen LogP contribution is -2.43. The van der Waals surface area contributed by atoms with E-state index in [-0.39, 0.29) is 12.0 Å². The van der Waals surface area contributed by atoms with E-state index in [0.29, 0.717) is 24.5 Å². The minimum absolute atomic E-state index is 0.0555. The highest BCUT2D eigenvalue weighted by atomic mass is 32.1. The van der Waals surface area contributed by atoms with Crippen molar-refractivity contribution < 1.29 is 9.53 Å². The van der Waals surface area contributed by atoms with Gasteiger partial charge in [-0.25, -0.2) is 9.97 Å². The summed E-state index contributed by atoms with van der Waals surface area (Å²) in [7, 11) is 0. The standard InChI is InChI=1S/C28H33N5O2S/c1-15(2)35-23-10-20-13-29-12-19(20)9-22(23)32-26-25-21-8-7-18(11-24(21)36-27(25)31-14-30-26)28(34)33-16(3)5-6-17(33)4/h9-10,12,14-18H,5-8,11,13H2,1-4H3,(H,30,31,32)/t16-,17-,18?/m1/s1. The Bertz CT molecular complexity index is 1350. The van der Waals surface area contributed by atoms with E-state index in [1.165, 1.54) is 16.0 Å². The van der Waals surface area contributed by atoms with Crippen LogP contribution >= 0.6 is 11.3 Å². The molecule has 1 amide bonds. The second-order valence-electron chi connectivity index (χ2n) is 10.7. The molecule has 36 heavy (non-hydrogen) atoms. The van der Waals surface area contributed by atoms with E-state index in [1.807, 2.05) is 20.1 Å². The summed E-state index contributed by atoms with van der Waals surface area (Å²) in [5.74, 6) is 1.99. The summed E-state index contributed by atoms with van der Waals surface area (Å²) in [6, 6.07) is 4.88. The zero-order chi connectivity index (χ0) is 25.0. The lowest BCUT2D eigenvalue weighted by molar-refractivity contribution is -0.138. The van der Waals surface area contributed by atoms with Gasteiger partial charge in [0.1, 0.15) is 22.7 Å². The maximum absolute atomic E-state index is 13.4. The first kappa shape index (κ1) is 23.4. The van der Waals surface area contributed by atoms with Gasteiger partial charge in [0.05, 0.1) is 23.7 Å². The van der Waals surface area contributed by atoms with Gasteiger partial charge in [0.15, 0.2) is 0 Å². The number of thiophene rings is 1. The first-order valence-corrected chi connectivity index (χ1v) is 13.9. The molecule has 2 aliphatic heterocycles. The van der Waals surface area contributed by atoms with Gasteiger partial charge < -0.3 is 15.0 Å². The van der Waals surface area contributed by atoms with Crippen molar-refractivity contribution in [1.82, 2.24) is 14.9 Å². The second kappa shape index (κ2) is 9.14. The molecule has 188 valence electrons. The molecule has 3 aromatic rings. The van der Waals surface area contributed by atoms with Crippen LogP contribution in [0.3, 0.4) is 0 Å². The minimum Gasteiger partial charge on any atom is -0.489 e. The molecule has 3 atom stereocenters. The van der Waals surface area contributed by atoms with E-state index in [2.05, 4.69) is 51.2 Å². The van der Waals surface area contributed by atoms with Crippen LogP contribution in [0.25, 0.3) is 10.2 Å².